The minimum atomic E-state index is -0.877. The summed E-state index contributed by atoms with van der Waals surface area (Å²) in [6.07, 6.45) is 3.28. The lowest BCUT2D eigenvalue weighted by Crippen LogP contribution is -2.30. The summed E-state index contributed by atoms with van der Waals surface area (Å²) in [7, 11) is 0. The first kappa shape index (κ1) is 10.2. The lowest BCUT2D eigenvalue weighted by molar-refractivity contribution is -0.135. The van der Waals surface area contributed by atoms with E-state index in [1.807, 2.05) is 6.07 Å². The Hall–Kier alpha value is -1.84. The molecule has 0 aliphatic rings. The molecule has 0 saturated carbocycles. The highest BCUT2D eigenvalue weighted by Gasteiger charge is 2.08. The molecule has 1 aromatic heterocycles. The van der Waals surface area contributed by atoms with E-state index in [0.29, 0.717) is 12.4 Å². The molecule has 4 nitrogen and oxygen atoms in total. The smallest absolute Gasteiger partial charge is 0.323 e. The number of pyridine rings is 1. The van der Waals surface area contributed by atoms with Gasteiger partial charge < -0.3 is 10.0 Å². The van der Waals surface area contributed by atoms with Crippen LogP contribution in [0.4, 0.5) is 5.82 Å². The summed E-state index contributed by atoms with van der Waals surface area (Å²) in [5, 5.41) is 8.67. The number of nitrogens with zero attached hydrogens (tertiary/aromatic N) is 2. The SMILES string of the molecule is C=CCN(CC(=O)O)c1ccccn1. The first-order chi connectivity index (χ1) is 6.74. The number of aliphatic carboxylic acids is 1. The molecule has 0 saturated heterocycles. The second-order valence-corrected chi connectivity index (χ2v) is 2.75. The molecule has 1 rings (SSSR count). The highest BCUT2D eigenvalue weighted by Crippen LogP contribution is 2.08. The van der Waals surface area contributed by atoms with Gasteiger partial charge in [-0.3, -0.25) is 4.79 Å². The molecule has 0 bridgehead atoms. The molecule has 0 spiro atoms. The van der Waals surface area contributed by atoms with E-state index in [1.165, 1.54) is 0 Å². The highest BCUT2D eigenvalue weighted by molar-refractivity contribution is 5.73. The molecule has 0 aliphatic carbocycles. The third-order valence-corrected chi connectivity index (χ3v) is 1.65. The van der Waals surface area contributed by atoms with Crippen molar-refractivity contribution < 1.29 is 9.90 Å². The van der Waals surface area contributed by atoms with Crippen molar-refractivity contribution in [2.24, 2.45) is 0 Å². The van der Waals surface area contributed by atoms with Gasteiger partial charge in [-0.2, -0.15) is 0 Å². The zero-order valence-corrected chi connectivity index (χ0v) is 7.76. The van der Waals surface area contributed by atoms with Gasteiger partial charge in [-0.25, -0.2) is 4.98 Å². The second kappa shape index (κ2) is 5.01. The molecular weight excluding hydrogens is 180 g/mol. The van der Waals surface area contributed by atoms with Crippen molar-refractivity contribution in [3.05, 3.63) is 37.1 Å². The molecule has 0 atom stereocenters. The Bertz CT molecular complexity index is 311. The molecule has 14 heavy (non-hydrogen) atoms. The molecule has 1 N–H and O–H groups in total. The lowest BCUT2D eigenvalue weighted by atomic mass is 10.4. The zero-order chi connectivity index (χ0) is 10.4. The minimum absolute atomic E-state index is 0.0664. The maximum absolute atomic E-state index is 10.6. The van der Waals surface area contributed by atoms with Crippen LogP contribution in [-0.2, 0) is 4.79 Å². The van der Waals surface area contributed by atoms with E-state index in [0.717, 1.165) is 0 Å². The molecule has 74 valence electrons. The van der Waals surface area contributed by atoms with Gasteiger partial charge in [-0.1, -0.05) is 12.1 Å². The third kappa shape index (κ3) is 2.90. The Morgan fingerprint density at radius 1 is 1.64 bits per heavy atom. The van der Waals surface area contributed by atoms with E-state index in [4.69, 9.17) is 5.11 Å². The summed E-state index contributed by atoms with van der Waals surface area (Å²) in [5.74, 6) is -0.229. The number of anilines is 1. The van der Waals surface area contributed by atoms with Crippen LogP contribution in [0.5, 0.6) is 0 Å². The van der Waals surface area contributed by atoms with Gasteiger partial charge in [-0.05, 0) is 12.1 Å². The summed E-state index contributed by atoms with van der Waals surface area (Å²) < 4.78 is 0. The number of hydrogen-bond donors (Lipinski definition) is 1. The van der Waals surface area contributed by atoms with Crippen molar-refractivity contribution in [3.63, 3.8) is 0 Å². The average molecular weight is 192 g/mol. The number of carboxylic acids is 1. The molecule has 0 aliphatic heterocycles. The van der Waals surface area contributed by atoms with Crippen LogP contribution >= 0.6 is 0 Å². The maximum Gasteiger partial charge on any atom is 0.323 e. The van der Waals surface area contributed by atoms with E-state index in [1.54, 1.807) is 29.3 Å². The molecule has 0 unspecified atom stereocenters. The first-order valence-electron chi connectivity index (χ1n) is 4.22. The fourth-order valence-corrected chi connectivity index (χ4v) is 1.10. The monoisotopic (exact) mass is 192 g/mol. The summed E-state index contributed by atoms with van der Waals surface area (Å²) in [4.78, 5) is 16.3. The van der Waals surface area contributed by atoms with Gasteiger partial charge in [0.05, 0.1) is 0 Å². The molecule has 0 aromatic carbocycles. The van der Waals surface area contributed by atoms with Gasteiger partial charge in [0.2, 0.25) is 0 Å². The van der Waals surface area contributed by atoms with E-state index >= 15 is 0 Å². The summed E-state index contributed by atoms with van der Waals surface area (Å²) in [5.41, 5.74) is 0. The van der Waals surface area contributed by atoms with Crippen LogP contribution in [0, 0.1) is 0 Å². The highest BCUT2D eigenvalue weighted by atomic mass is 16.4. The normalized spacial score (nSPS) is 9.43. The van der Waals surface area contributed by atoms with Crippen molar-refractivity contribution in [2.75, 3.05) is 18.0 Å². The Morgan fingerprint density at radius 3 is 2.93 bits per heavy atom. The van der Waals surface area contributed by atoms with Crippen LogP contribution in [0.3, 0.4) is 0 Å². The fraction of sp³-hybridized carbons (Fsp3) is 0.200. The molecular formula is C10H12N2O2. The van der Waals surface area contributed by atoms with Crippen LogP contribution in [0.1, 0.15) is 0 Å². The second-order valence-electron chi connectivity index (χ2n) is 2.75. The van der Waals surface area contributed by atoms with E-state index in [-0.39, 0.29) is 6.54 Å². The Morgan fingerprint density at radius 2 is 2.43 bits per heavy atom. The van der Waals surface area contributed by atoms with Crippen molar-refractivity contribution in [2.45, 2.75) is 0 Å². The van der Waals surface area contributed by atoms with Crippen molar-refractivity contribution >= 4 is 11.8 Å². The van der Waals surface area contributed by atoms with E-state index in [9.17, 15) is 4.79 Å². The lowest BCUT2D eigenvalue weighted by Gasteiger charge is -2.19. The van der Waals surface area contributed by atoms with Gasteiger partial charge >= 0.3 is 5.97 Å². The Kier molecular flexibility index (Phi) is 3.67. The first-order valence-corrected chi connectivity index (χ1v) is 4.22. The summed E-state index contributed by atoms with van der Waals surface area (Å²) >= 11 is 0. The average Bonchev–Trinajstić information content (AvgIpc) is 2.18. The summed E-state index contributed by atoms with van der Waals surface area (Å²) in [6, 6.07) is 5.38. The number of carboxylic acid groups (broad SMARTS) is 1. The van der Waals surface area contributed by atoms with Gasteiger partial charge in [0.15, 0.2) is 0 Å². The van der Waals surface area contributed by atoms with Crippen LogP contribution < -0.4 is 4.90 Å². The third-order valence-electron chi connectivity index (χ3n) is 1.65. The number of rotatable bonds is 5. The molecule has 1 aromatic rings. The fourth-order valence-electron chi connectivity index (χ4n) is 1.10. The molecule has 1 heterocycles. The molecule has 0 amide bonds. The van der Waals surface area contributed by atoms with Gasteiger partial charge in [0.25, 0.3) is 0 Å². The topological polar surface area (TPSA) is 53.4 Å². The maximum atomic E-state index is 10.6. The van der Waals surface area contributed by atoms with Crippen LogP contribution in [0.25, 0.3) is 0 Å². The van der Waals surface area contributed by atoms with Crippen LogP contribution in [-0.4, -0.2) is 29.1 Å². The largest absolute Gasteiger partial charge is 0.480 e. The Labute approximate surface area is 82.5 Å². The minimum Gasteiger partial charge on any atom is -0.480 e. The molecule has 0 radical (unpaired) electrons. The molecule has 0 fully saturated rings. The van der Waals surface area contributed by atoms with Crippen molar-refractivity contribution in [1.29, 1.82) is 0 Å². The molecule has 4 heteroatoms. The quantitative estimate of drug-likeness (QED) is 0.711. The zero-order valence-electron chi connectivity index (χ0n) is 7.76. The number of aromatic nitrogens is 1. The van der Waals surface area contributed by atoms with Crippen LogP contribution in [0.15, 0.2) is 37.1 Å². The van der Waals surface area contributed by atoms with Crippen molar-refractivity contribution in [3.8, 4) is 0 Å². The van der Waals surface area contributed by atoms with Gasteiger partial charge in [-0.15, -0.1) is 6.58 Å². The van der Waals surface area contributed by atoms with Gasteiger partial charge in [0.1, 0.15) is 12.4 Å². The van der Waals surface area contributed by atoms with Gasteiger partial charge in [0, 0.05) is 12.7 Å². The summed E-state index contributed by atoms with van der Waals surface area (Å²) in [6.45, 7) is 3.98. The van der Waals surface area contributed by atoms with Crippen LogP contribution in [0.2, 0.25) is 0 Å². The van der Waals surface area contributed by atoms with E-state index < -0.39 is 5.97 Å². The Balaban J connectivity index is 2.77. The number of carbonyl (C=O) groups is 1. The predicted octanol–water partition coefficient (Wildman–Crippen LogP) is 1.16. The number of hydrogen-bond acceptors (Lipinski definition) is 3. The predicted molar refractivity (Wildman–Crippen MR) is 54.3 cm³/mol. The van der Waals surface area contributed by atoms with E-state index in [2.05, 4.69) is 11.6 Å². The van der Waals surface area contributed by atoms with Crippen molar-refractivity contribution in [1.82, 2.24) is 4.98 Å². The standard InChI is InChI=1S/C10H12N2O2/c1-2-7-12(8-10(13)14)9-5-3-4-6-11-9/h2-6H,1,7-8H2,(H,13,14).